The summed E-state index contributed by atoms with van der Waals surface area (Å²) in [5.41, 5.74) is -1.36. The molecule has 10 nitrogen and oxygen atoms in total. The van der Waals surface area contributed by atoms with Crippen LogP contribution in [0.25, 0.3) is 0 Å². The molecule has 2 rings (SSSR count). The molecule has 0 fully saturated rings. The van der Waals surface area contributed by atoms with Crippen molar-refractivity contribution < 1.29 is 36.6 Å². The quantitative estimate of drug-likeness (QED) is 0.602. The summed E-state index contributed by atoms with van der Waals surface area (Å²) in [6, 6.07) is 0. The third-order valence-electron chi connectivity index (χ3n) is 1.85. The van der Waals surface area contributed by atoms with Crippen molar-refractivity contribution in [1.82, 2.24) is 30.2 Å². The van der Waals surface area contributed by atoms with Gasteiger partial charge in [0, 0.05) is 0 Å². The standard InChI is InChI=1S/C7H6N6O4.Co/c14-6(15)4-5(7(16)17)10-3(9-4)1-13-2-8-11-12-13;/h2H,1H2,(H,9,10)(H,14,15)(H,16,17);/q;+2/p-2. The zero-order valence-corrected chi connectivity index (χ0v) is 9.53. The molecule has 95 valence electrons. The Hall–Kier alpha value is -2.27. The first kappa shape index (κ1) is 13.8. The molecule has 0 atom stereocenters. The van der Waals surface area contributed by atoms with E-state index in [1.54, 1.807) is 0 Å². The van der Waals surface area contributed by atoms with E-state index in [1.807, 2.05) is 0 Å². The van der Waals surface area contributed by atoms with Crippen molar-refractivity contribution in [3.05, 3.63) is 23.5 Å². The van der Waals surface area contributed by atoms with Crippen LogP contribution >= 0.6 is 0 Å². The number of hydrogen-bond acceptors (Lipinski definition) is 8. The molecule has 0 aliphatic heterocycles. The van der Waals surface area contributed by atoms with Crippen LogP contribution in [0.5, 0.6) is 0 Å². The van der Waals surface area contributed by atoms with E-state index in [2.05, 4.69) is 25.5 Å². The minimum atomic E-state index is -1.71. The van der Waals surface area contributed by atoms with Crippen LogP contribution in [0.2, 0.25) is 0 Å². The first-order valence-corrected chi connectivity index (χ1v) is 4.30. The van der Waals surface area contributed by atoms with Crippen molar-refractivity contribution in [1.29, 1.82) is 0 Å². The van der Waals surface area contributed by atoms with Crippen LogP contribution in [0.15, 0.2) is 6.33 Å². The van der Waals surface area contributed by atoms with E-state index < -0.39 is 23.3 Å². The molecule has 0 aliphatic carbocycles. The van der Waals surface area contributed by atoms with Crippen LogP contribution in [0.3, 0.4) is 0 Å². The molecule has 0 bridgehead atoms. The molecule has 2 aromatic heterocycles. The van der Waals surface area contributed by atoms with Crippen LogP contribution in [-0.2, 0) is 23.3 Å². The molecule has 1 N–H and O–H groups in total. The van der Waals surface area contributed by atoms with Crippen LogP contribution < -0.4 is 10.2 Å². The van der Waals surface area contributed by atoms with E-state index in [0.29, 0.717) is 0 Å². The van der Waals surface area contributed by atoms with E-state index in [-0.39, 0.29) is 29.1 Å². The Morgan fingerprint density at radius 1 is 1.33 bits per heavy atom. The molecule has 2 aromatic rings. The van der Waals surface area contributed by atoms with Gasteiger partial charge in [-0.1, -0.05) is 0 Å². The molecule has 0 aliphatic rings. The van der Waals surface area contributed by atoms with Crippen molar-refractivity contribution >= 4 is 11.9 Å². The predicted octanol–water partition coefficient (Wildman–Crippen LogP) is -3.83. The normalized spacial score (nSPS) is 9.78. The zero-order valence-electron chi connectivity index (χ0n) is 8.49. The first-order chi connectivity index (χ1) is 8.08. The Balaban J connectivity index is 0.00000162. The van der Waals surface area contributed by atoms with Gasteiger partial charge in [0.05, 0.1) is 17.6 Å². The number of carboxylic acids is 2. The molecule has 0 saturated heterocycles. The average molecular weight is 295 g/mol. The second-order valence-electron chi connectivity index (χ2n) is 2.99. The fraction of sp³-hybridized carbons (Fsp3) is 0.143. The summed E-state index contributed by atoms with van der Waals surface area (Å²) in [7, 11) is 0. The third kappa shape index (κ3) is 2.69. The van der Waals surface area contributed by atoms with Gasteiger partial charge in [0.1, 0.15) is 24.4 Å². The van der Waals surface area contributed by atoms with Gasteiger partial charge < -0.3 is 24.8 Å². The van der Waals surface area contributed by atoms with Gasteiger partial charge in [-0.15, -0.1) is 5.10 Å². The van der Waals surface area contributed by atoms with E-state index in [9.17, 15) is 19.8 Å². The van der Waals surface area contributed by atoms with Gasteiger partial charge in [0.25, 0.3) is 0 Å². The maximum atomic E-state index is 10.6. The number of aromatic nitrogens is 6. The molecule has 1 radical (unpaired) electrons. The maximum absolute atomic E-state index is 10.6. The van der Waals surface area contributed by atoms with E-state index in [0.717, 1.165) is 0 Å². The molecule has 11 heteroatoms. The van der Waals surface area contributed by atoms with Crippen molar-refractivity contribution in [2.75, 3.05) is 0 Å². The third-order valence-corrected chi connectivity index (χ3v) is 1.85. The number of nitrogens with zero attached hydrogens (tertiary/aromatic N) is 5. The average Bonchev–Trinajstić information content (AvgIpc) is 2.86. The number of hydrogen-bond donors (Lipinski definition) is 1. The monoisotopic (exact) mass is 295 g/mol. The second-order valence-corrected chi connectivity index (χ2v) is 2.99. The molecule has 18 heavy (non-hydrogen) atoms. The Kier molecular flexibility index (Phi) is 4.12. The smallest absolute Gasteiger partial charge is 0.543 e. The van der Waals surface area contributed by atoms with E-state index in [1.165, 1.54) is 11.0 Å². The number of imidazole rings is 1. The SMILES string of the molecule is O=C([O-])c1nc(Cn2cnnn2)[nH]c1C(=O)[O-].[Co+2]. The summed E-state index contributed by atoms with van der Waals surface area (Å²) in [5, 5.41) is 31.4. The Bertz CT molecular complexity index is 533. The van der Waals surface area contributed by atoms with Gasteiger partial charge >= 0.3 is 16.8 Å². The molecule has 2 heterocycles. The fourth-order valence-corrected chi connectivity index (χ4v) is 1.20. The van der Waals surface area contributed by atoms with Crippen LogP contribution in [-0.4, -0.2) is 42.1 Å². The van der Waals surface area contributed by atoms with Gasteiger partial charge in [-0.2, -0.15) is 0 Å². The number of carboxylic acid groups (broad SMARTS) is 2. The number of nitrogens with one attached hydrogen (secondary N) is 1. The van der Waals surface area contributed by atoms with Crippen molar-refractivity contribution in [2.45, 2.75) is 6.54 Å². The number of aromatic amines is 1. The van der Waals surface area contributed by atoms with Gasteiger partial charge in [-0.05, 0) is 10.4 Å². The Labute approximate surface area is 109 Å². The van der Waals surface area contributed by atoms with Crippen molar-refractivity contribution in [2.24, 2.45) is 0 Å². The summed E-state index contributed by atoms with van der Waals surface area (Å²) in [6.07, 6.45) is 1.26. The van der Waals surface area contributed by atoms with Gasteiger partial charge in [-0.25, -0.2) is 9.67 Å². The number of tetrazole rings is 1. The molecule has 0 spiro atoms. The number of carbonyl (C=O) groups excluding carboxylic acids is 2. The molecular weight excluding hydrogens is 291 g/mol. The summed E-state index contributed by atoms with van der Waals surface area (Å²) in [5.74, 6) is -3.32. The fourth-order valence-electron chi connectivity index (χ4n) is 1.20. The first-order valence-electron chi connectivity index (χ1n) is 4.30. The molecular formula is C7H4CoN6O4. The van der Waals surface area contributed by atoms with Gasteiger partial charge in [-0.3, -0.25) is 0 Å². The number of carbonyl (C=O) groups is 2. The number of aromatic carboxylic acids is 2. The minimum Gasteiger partial charge on any atom is -0.543 e. The van der Waals surface area contributed by atoms with Crippen molar-refractivity contribution in [3.8, 4) is 0 Å². The number of rotatable bonds is 4. The summed E-state index contributed by atoms with van der Waals surface area (Å²) >= 11 is 0. The summed E-state index contributed by atoms with van der Waals surface area (Å²) in [4.78, 5) is 27.1. The molecule has 0 unspecified atom stereocenters. The molecule has 0 aromatic carbocycles. The molecule has 0 amide bonds. The largest absolute Gasteiger partial charge is 2.00 e. The van der Waals surface area contributed by atoms with Crippen LogP contribution in [0.1, 0.15) is 26.8 Å². The van der Waals surface area contributed by atoms with Gasteiger partial charge in [0.15, 0.2) is 0 Å². The Morgan fingerprint density at radius 2 is 2.06 bits per heavy atom. The summed E-state index contributed by atoms with van der Waals surface area (Å²) < 4.78 is 1.23. The van der Waals surface area contributed by atoms with Gasteiger partial charge in [0.2, 0.25) is 0 Å². The predicted molar refractivity (Wildman–Crippen MR) is 44.2 cm³/mol. The molecule has 0 saturated carbocycles. The maximum Gasteiger partial charge on any atom is 2.00 e. The zero-order chi connectivity index (χ0) is 12.4. The van der Waals surface area contributed by atoms with E-state index in [4.69, 9.17) is 0 Å². The van der Waals surface area contributed by atoms with E-state index >= 15 is 0 Å². The topological polar surface area (TPSA) is 153 Å². The summed E-state index contributed by atoms with van der Waals surface area (Å²) in [6.45, 7) is 0.000556. The Morgan fingerprint density at radius 3 is 2.50 bits per heavy atom. The second kappa shape index (κ2) is 5.37. The minimum absolute atomic E-state index is 0. The van der Waals surface area contributed by atoms with Crippen LogP contribution in [0, 0.1) is 0 Å². The van der Waals surface area contributed by atoms with Crippen molar-refractivity contribution in [3.63, 3.8) is 0 Å². The number of H-pyrrole nitrogens is 1. The van der Waals surface area contributed by atoms with Crippen LogP contribution in [0.4, 0.5) is 0 Å².